The molecule has 30 heavy (non-hydrogen) atoms. The number of aromatic nitrogens is 3. The van der Waals surface area contributed by atoms with E-state index in [1.54, 1.807) is 24.5 Å². The summed E-state index contributed by atoms with van der Waals surface area (Å²) in [6.45, 7) is 2.75. The Balaban J connectivity index is 1.98. The number of benzene rings is 1. The average Bonchev–Trinajstić information content (AvgIpc) is 2.74. The lowest BCUT2D eigenvalue weighted by atomic mass is 10.2. The smallest absolute Gasteiger partial charge is 0.271 e. The first-order valence-corrected chi connectivity index (χ1v) is 9.55. The molecular formula is C19H19ClN8O2. The van der Waals surface area contributed by atoms with Gasteiger partial charge in [-0.2, -0.15) is 0 Å². The van der Waals surface area contributed by atoms with Crippen LogP contribution >= 0.6 is 11.6 Å². The fourth-order valence-corrected chi connectivity index (χ4v) is 2.71. The number of azo groups is 1. The van der Waals surface area contributed by atoms with Gasteiger partial charge in [-0.1, -0.05) is 24.9 Å². The van der Waals surface area contributed by atoms with Gasteiger partial charge in [0.2, 0.25) is 0 Å². The second kappa shape index (κ2) is 9.70. The zero-order valence-electron chi connectivity index (χ0n) is 16.1. The third-order valence-corrected chi connectivity index (χ3v) is 4.37. The lowest BCUT2D eigenvalue weighted by molar-refractivity contribution is -0.384. The second-order valence-corrected chi connectivity index (χ2v) is 6.65. The first-order valence-electron chi connectivity index (χ1n) is 9.17. The number of hydrogen-bond donors (Lipinski definition) is 2. The van der Waals surface area contributed by atoms with E-state index in [0.717, 1.165) is 18.4 Å². The number of nitrogens with zero attached hydrogens (tertiary/aromatic N) is 6. The topological polar surface area (TPSA) is 145 Å². The molecule has 0 atom stereocenters. The zero-order chi connectivity index (χ0) is 21.5. The molecule has 10 nitrogen and oxygen atoms in total. The van der Waals surface area contributed by atoms with E-state index in [-0.39, 0.29) is 27.9 Å². The SMILES string of the molecule is CCCCNc1nc(-c2ccncc2)nc(N)c1N=Nc1ccc([N+](=O)[O-])cc1Cl. The van der Waals surface area contributed by atoms with Gasteiger partial charge >= 0.3 is 0 Å². The van der Waals surface area contributed by atoms with E-state index in [0.29, 0.717) is 18.2 Å². The summed E-state index contributed by atoms with van der Waals surface area (Å²) in [7, 11) is 0. The molecule has 0 amide bonds. The maximum atomic E-state index is 10.9. The maximum Gasteiger partial charge on any atom is 0.271 e. The first-order chi connectivity index (χ1) is 14.5. The number of nitrogens with one attached hydrogen (secondary N) is 1. The number of nitro benzene ring substituents is 1. The van der Waals surface area contributed by atoms with Crippen LogP contribution in [0.15, 0.2) is 53.0 Å². The summed E-state index contributed by atoms with van der Waals surface area (Å²) in [5.74, 6) is 1.00. The van der Waals surface area contributed by atoms with Crippen LogP contribution < -0.4 is 11.1 Å². The van der Waals surface area contributed by atoms with E-state index >= 15 is 0 Å². The molecule has 0 spiro atoms. The van der Waals surface area contributed by atoms with E-state index in [9.17, 15) is 10.1 Å². The van der Waals surface area contributed by atoms with Gasteiger partial charge < -0.3 is 11.1 Å². The molecule has 0 fully saturated rings. The molecule has 11 heteroatoms. The highest BCUT2D eigenvalue weighted by Crippen LogP contribution is 2.35. The van der Waals surface area contributed by atoms with Crippen molar-refractivity contribution < 1.29 is 4.92 Å². The Morgan fingerprint density at radius 1 is 1.20 bits per heavy atom. The normalized spacial score (nSPS) is 11.0. The molecule has 2 heterocycles. The minimum atomic E-state index is -0.536. The van der Waals surface area contributed by atoms with Crippen molar-refractivity contribution in [2.75, 3.05) is 17.6 Å². The molecule has 0 unspecified atom stereocenters. The van der Waals surface area contributed by atoms with Crippen molar-refractivity contribution in [2.24, 2.45) is 10.2 Å². The Bertz CT molecular complexity index is 1080. The van der Waals surface area contributed by atoms with Crippen LogP contribution in [-0.4, -0.2) is 26.4 Å². The molecule has 1 aromatic carbocycles. The van der Waals surface area contributed by atoms with Crippen LogP contribution in [0.1, 0.15) is 19.8 Å². The number of pyridine rings is 1. The fourth-order valence-electron chi connectivity index (χ4n) is 2.50. The van der Waals surface area contributed by atoms with E-state index in [1.807, 2.05) is 0 Å². The van der Waals surface area contributed by atoms with E-state index in [4.69, 9.17) is 17.3 Å². The lowest BCUT2D eigenvalue weighted by Crippen LogP contribution is -2.07. The Kier molecular flexibility index (Phi) is 6.81. The summed E-state index contributed by atoms with van der Waals surface area (Å²) in [5.41, 5.74) is 7.30. The van der Waals surface area contributed by atoms with Gasteiger partial charge in [0.25, 0.3) is 5.69 Å². The molecule has 0 saturated carbocycles. The molecule has 154 valence electrons. The van der Waals surface area contributed by atoms with Crippen molar-refractivity contribution in [1.82, 2.24) is 15.0 Å². The van der Waals surface area contributed by atoms with Gasteiger partial charge in [-0.3, -0.25) is 15.1 Å². The third kappa shape index (κ3) is 5.03. The van der Waals surface area contributed by atoms with Gasteiger partial charge in [-0.15, -0.1) is 10.2 Å². The molecule has 3 aromatic rings. The number of hydrogen-bond acceptors (Lipinski definition) is 9. The van der Waals surface area contributed by atoms with Gasteiger partial charge in [-0.05, 0) is 24.6 Å². The summed E-state index contributed by atoms with van der Waals surface area (Å²) in [4.78, 5) is 23.2. The number of non-ortho nitro benzene ring substituents is 1. The van der Waals surface area contributed by atoms with E-state index in [1.165, 1.54) is 18.2 Å². The average molecular weight is 427 g/mol. The van der Waals surface area contributed by atoms with Crippen LogP contribution in [0.2, 0.25) is 5.02 Å². The molecular weight excluding hydrogens is 408 g/mol. The maximum absolute atomic E-state index is 10.9. The largest absolute Gasteiger partial charge is 0.382 e. The monoisotopic (exact) mass is 426 g/mol. The predicted molar refractivity (Wildman–Crippen MR) is 115 cm³/mol. The molecule has 0 aliphatic rings. The molecule has 0 aliphatic carbocycles. The number of rotatable bonds is 8. The highest BCUT2D eigenvalue weighted by molar-refractivity contribution is 6.33. The van der Waals surface area contributed by atoms with Crippen LogP contribution in [0, 0.1) is 10.1 Å². The standard InChI is InChI=1S/C19H19ClN8O2/c1-2-3-8-23-19-16(17(21)24-18(25-19)12-6-9-22-10-7-12)27-26-15-5-4-13(28(29)30)11-14(15)20/h4-7,9-11H,2-3,8H2,1H3,(H3,21,23,24,25). The lowest BCUT2D eigenvalue weighted by Gasteiger charge is -2.11. The van der Waals surface area contributed by atoms with Gasteiger partial charge in [-0.25, -0.2) is 9.97 Å². The Labute approximate surface area is 177 Å². The van der Waals surface area contributed by atoms with Crippen LogP contribution in [0.4, 0.5) is 28.7 Å². The summed E-state index contributed by atoms with van der Waals surface area (Å²) < 4.78 is 0. The van der Waals surface area contributed by atoms with Crippen molar-refractivity contribution >= 4 is 40.3 Å². The molecule has 2 aromatic heterocycles. The highest BCUT2D eigenvalue weighted by atomic mass is 35.5. The Morgan fingerprint density at radius 3 is 2.63 bits per heavy atom. The minimum absolute atomic E-state index is 0.0985. The van der Waals surface area contributed by atoms with E-state index < -0.39 is 4.92 Å². The molecule has 3 rings (SSSR count). The first kappa shape index (κ1) is 21.1. The van der Waals surface area contributed by atoms with Gasteiger partial charge in [0.15, 0.2) is 23.1 Å². The number of nitrogens with two attached hydrogens (primary N) is 1. The Morgan fingerprint density at radius 2 is 1.97 bits per heavy atom. The van der Waals surface area contributed by atoms with Crippen molar-refractivity contribution in [3.05, 3.63) is 57.9 Å². The molecule has 0 aliphatic heterocycles. The zero-order valence-corrected chi connectivity index (χ0v) is 16.9. The van der Waals surface area contributed by atoms with E-state index in [2.05, 4.69) is 37.4 Å². The van der Waals surface area contributed by atoms with Crippen LogP contribution in [0.5, 0.6) is 0 Å². The molecule has 0 radical (unpaired) electrons. The second-order valence-electron chi connectivity index (χ2n) is 6.24. The van der Waals surface area contributed by atoms with Crippen molar-refractivity contribution in [3.8, 4) is 11.4 Å². The van der Waals surface area contributed by atoms with Crippen LogP contribution in [-0.2, 0) is 0 Å². The van der Waals surface area contributed by atoms with Crippen molar-refractivity contribution in [3.63, 3.8) is 0 Å². The number of nitro groups is 1. The predicted octanol–water partition coefficient (Wildman–Crippen LogP) is 5.31. The Hall–Kier alpha value is -3.66. The fraction of sp³-hybridized carbons (Fsp3) is 0.211. The quantitative estimate of drug-likeness (QED) is 0.215. The summed E-state index contributed by atoms with van der Waals surface area (Å²) in [6, 6.07) is 7.48. The number of halogens is 1. The molecule has 0 saturated heterocycles. The third-order valence-electron chi connectivity index (χ3n) is 4.07. The van der Waals surface area contributed by atoms with Gasteiger partial charge in [0.1, 0.15) is 5.69 Å². The number of unbranched alkanes of at least 4 members (excludes halogenated alkanes) is 1. The summed E-state index contributed by atoms with van der Waals surface area (Å²) in [5, 5.41) is 22.4. The summed E-state index contributed by atoms with van der Waals surface area (Å²) in [6.07, 6.45) is 5.21. The highest BCUT2D eigenvalue weighted by Gasteiger charge is 2.15. The van der Waals surface area contributed by atoms with Crippen LogP contribution in [0.25, 0.3) is 11.4 Å². The summed E-state index contributed by atoms with van der Waals surface area (Å²) >= 11 is 6.08. The number of nitrogen functional groups attached to an aromatic ring is 1. The van der Waals surface area contributed by atoms with Gasteiger partial charge in [0, 0.05) is 36.6 Å². The van der Waals surface area contributed by atoms with Crippen molar-refractivity contribution in [1.29, 1.82) is 0 Å². The number of anilines is 2. The van der Waals surface area contributed by atoms with Gasteiger partial charge in [0.05, 0.1) is 9.95 Å². The molecule has 0 bridgehead atoms. The van der Waals surface area contributed by atoms with Crippen LogP contribution in [0.3, 0.4) is 0 Å². The minimum Gasteiger partial charge on any atom is -0.382 e. The molecule has 3 N–H and O–H groups in total. The van der Waals surface area contributed by atoms with Crippen molar-refractivity contribution in [2.45, 2.75) is 19.8 Å².